The fourth-order valence-corrected chi connectivity index (χ4v) is 2.88. The highest BCUT2D eigenvalue weighted by atomic mass is 14.9. The van der Waals surface area contributed by atoms with Crippen LogP contribution in [-0.4, -0.2) is 16.5 Å². The number of aromatic nitrogens is 2. The third kappa shape index (κ3) is 1.86. The molecular weight excluding hydrogens is 246 g/mol. The highest BCUT2D eigenvalue weighted by Crippen LogP contribution is 2.28. The molecule has 0 atom stereocenters. The van der Waals surface area contributed by atoms with Crippen molar-refractivity contribution < 1.29 is 0 Å². The Morgan fingerprint density at radius 2 is 2.05 bits per heavy atom. The number of aryl methyl sites for hydroxylation is 2. The SMILES string of the molecule is Cc1ccc2nc(-c3ccc4c(c3)CCCN4)[nH]c2c1. The maximum atomic E-state index is 4.70. The number of benzene rings is 2. The van der Waals surface area contributed by atoms with E-state index in [2.05, 4.69) is 53.6 Å². The summed E-state index contributed by atoms with van der Waals surface area (Å²) in [6, 6.07) is 12.9. The van der Waals surface area contributed by atoms with Crippen LogP contribution in [0.1, 0.15) is 17.5 Å². The minimum absolute atomic E-state index is 0.957. The molecule has 1 aliphatic heterocycles. The van der Waals surface area contributed by atoms with Gasteiger partial charge in [0, 0.05) is 17.8 Å². The van der Waals surface area contributed by atoms with Crippen LogP contribution in [0.3, 0.4) is 0 Å². The van der Waals surface area contributed by atoms with Crippen LogP contribution in [0.2, 0.25) is 0 Å². The summed E-state index contributed by atoms with van der Waals surface area (Å²) in [7, 11) is 0. The molecule has 0 saturated heterocycles. The molecule has 2 aromatic carbocycles. The van der Waals surface area contributed by atoms with E-state index in [-0.39, 0.29) is 0 Å². The van der Waals surface area contributed by atoms with Crippen LogP contribution in [0, 0.1) is 6.92 Å². The molecule has 3 aromatic rings. The Hall–Kier alpha value is -2.29. The summed E-state index contributed by atoms with van der Waals surface area (Å²) in [5.41, 5.74) is 7.22. The number of nitrogens with one attached hydrogen (secondary N) is 2. The number of anilines is 1. The summed E-state index contributed by atoms with van der Waals surface area (Å²) in [5, 5.41) is 3.44. The molecule has 2 N–H and O–H groups in total. The Kier molecular flexibility index (Phi) is 2.52. The van der Waals surface area contributed by atoms with E-state index in [0.717, 1.165) is 29.8 Å². The zero-order chi connectivity index (χ0) is 13.5. The lowest BCUT2D eigenvalue weighted by Gasteiger charge is -2.18. The van der Waals surface area contributed by atoms with E-state index < -0.39 is 0 Å². The number of imidazole rings is 1. The Morgan fingerprint density at radius 1 is 1.10 bits per heavy atom. The van der Waals surface area contributed by atoms with Crippen molar-refractivity contribution in [3.8, 4) is 11.4 Å². The summed E-state index contributed by atoms with van der Waals surface area (Å²) in [6.07, 6.45) is 2.35. The molecule has 0 spiro atoms. The smallest absolute Gasteiger partial charge is 0.138 e. The Morgan fingerprint density at radius 3 is 3.00 bits per heavy atom. The molecule has 20 heavy (non-hydrogen) atoms. The standard InChI is InChI=1S/C17H17N3/c1-11-4-6-15-16(9-11)20-17(19-15)13-5-7-14-12(10-13)3-2-8-18-14/h4-7,9-10,18H,2-3,8H2,1H3,(H,19,20). The molecule has 100 valence electrons. The fraction of sp³-hybridized carbons (Fsp3) is 0.235. The number of rotatable bonds is 1. The molecule has 1 aromatic heterocycles. The van der Waals surface area contributed by atoms with Crippen LogP contribution in [-0.2, 0) is 6.42 Å². The zero-order valence-electron chi connectivity index (χ0n) is 11.5. The predicted molar refractivity (Wildman–Crippen MR) is 83.1 cm³/mol. The molecule has 0 radical (unpaired) electrons. The highest BCUT2D eigenvalue weighted by Gasteiger charge is 2.11. The van der Waals surface area contributed by atoms with E-state index in [1.54, 1.807) is 0 Å². The van der Waals surface area contributed by atoms with Gasteiger partial charge in [-0.25, -0.2) is 4.98 Å². The lowest BCUT2D eigenvalue weighted by molar-refractivity contribution is 0.830. The lowest BCUT2D eigenvalue weighted by Crippen LogP contribution is -2.11. The second-order valence-corrected chi connectivity index (χ2v) is 5.51. The van der Waals surface area contributed by atoms with Gasteiger partial charge >= 0.3 is 0 Å². The summed E-state index contributed by atoms with van der Waals surface area (Å²) in [4.78, 5) is 8.13. The van der Waals surface area contributed by atoms with Crippen molar-refractivity contribution in [2.45, 2.75) is 19.8 Å². The van der Waals surface area contributed by atoms with Crippen molar-refractivity contribution in [1.29, 1.82) is 0 Å². The molecule has 0 aliphatic carbocycles. The van der Waals surface area contributed by atoms with Crippen molar-refractivity contribution in [3.63, 3.8) is 0 Å². The topological polar surface area (TPSA) is 40.7 Å². The summed E-state index contributed by atoms with van der Waals surface area (Å²) in [6.45, 7) is 3.18. The molecule has 0 saturated carbocycles. The average molecular weight is 263 g/mol. The molecule has 0 fully saturated rings. The van der Waals surface area contributed by atoms with Gasteiger partial charge in [0.2, 0.25) is 0 Å². The van der Waals surface area contributed by atoms with Gasteiger partial charge < -0.3 is 10.3 Å². The van der Waals surface area contributed by atoms with Gasteiger partial charge in [0.25, 0.3) is 0 Å². The van der Waals surface area contributed by atoms with Gasteiger partial charge in [0.05, 0.1) is 11.0 Å². The first-order valence-electron chi connectivity index (χ1n) is 7.13. The molecule has 0 bridgehead atoms. The Balaban J connectivity index is 1.82. The zero-order valence-corrected chi connectivity index (χ0v) is 11.5. The van der Waals surface area contributed by atoms with E-state index in [9.17, 15) is 0 Å². The predicted octanol–water partition coefficient (Wildman–Crippen LogP) is 3.90. The first-order chi connectivity index (χ1) is 9.79. The van der Waals surface area contributed by atoms with E-state index in [4.69, 9.17) is 4.98 Å². The maximum absolute atomic E-state index is 4.70. The van der Waals surface area contributed by atoms with Gasteiger partial charge in [-0.15, -0.1) is 0 Å². The molecular formula is C17H17N3. The monoisotopic (exact) mass is 263 g/mol. The lowest BCUT2D eigenvalue weighted by atomic mass is 10.0. The molecule has 0 amide bonds. The number of hydrogen-bond acceptors (Lipinski definition) is 2. The van der Waals surface area contributed by atoms with Gasteiger partial charge in [0.1, 0.15) is 5.82 Å². The van der Waals surface area contributed by atoms with Crippen molar-refractivity contribution in [2.75, 3.05) is 11.9 Å². The average Bonchev–Trinajstić information content (AvgIpc) is 2.89. The molecule has 3 heteroatoms. The van der Waals surface area contributed by atoms with Crippen molar-refractivity contribution in [1.82, 2.24) is 9.97 Å². The summed E-state index contributed by atoms with van der Waals surface area (Å²) >= 11 is 0. The summed E-state index contributed by atoms with van der Waals surface area (Å²) < 4.78 is 0. The minimum atomic E-state index is 0.957. The fourth-order valence-electron chi connectivity index (χ4n) is 2.88. The largest absolute Gasteiger partial charge is 0.385 e. The molecule has 3 nitrogen and oxygen atoms in total. The number of nitrogens with zero attached hydrogens (tertiary/aromatic N) is 1. The van der Waals surface area contributed by atoms with Crippen molar-refractivity contribution >= 4 is 16.7 Å². The second kappa shape index (κ2) is 4.37. The molecule has 2 heterocycles. The normalized spacial score (nSPS) is 14.1. The van der Waals surface area contributed by atoms with Gasteiger partial charge in [-0.1, -0.05) is 6.07 Å². The third-order valence-corrected chi connectivity index (χ3v) is 3.95. The Labute approximate surface area is 118 Å². The molecule has 0 unspecified atom stereocenters. The maximum Gasteiger partial charge on any atom is 0.138 e. The van der Waals surface area contributed by atoms with Crippen LogP contribution in [0.15, 0.2) is 36.4 Å². The van der Waals surface area contributed by atoms with Gasteiger partial charge in [0.15, 0.2) is 0 Å². The van der Waals surface area contributed by atoms with Gasteiger partial charge in [-0.05, 0) is 61.2 Å². The Bertz CT molecular complexity index is 786. The van der Waals surface area contributed by atoms with E-state index in [0.29, 0.717) is 0 Å². The van der Waals surface area contributed by atoms with Gasteiger partial charge in [-0.3, -0.25) is 0 Å². The van der Waals surface area contributed by atoms with Crippen LogP contribution < -0.4 is 5.32 Å². The van der Waals surface area contributed by atoms with Gasteiger partial charge in [-0.2, -0.15) is 0 Å². The first kappa shape index (κ1) is 11.5. The van der Waals surface area contributed by atoms with Crippen molar-refractivity contribution in [3.05, 3.63) is 47.5 Å². The number of fused-ring (bicyclic) bond motifs is 2. The minimum Gasteiger partial charge on any atom is -0.385 e. The van der Waals surface area contributed by atoms with Crippen LogP contribution in [0.4, 0.5) is 5.69 Å². The highest BCUT2D eigenvalue weighted by molar-refractivity contribution is 5.80. The van der Waals surface area contributed by atoms with E-state index in [1.165, 1.54) is 28.8 Å². The molecule has 1 aliphatic rings. The van der Waals surface area contributed by atoms with Crippen molar-refractivity contribution in [2.24, 2.45) is 0 Å². The van der Waals surface area contributed by atoms with E-state index in [1.807, 2.05) is 0 Å². The molecule has 4 rings (SSSR count). The number of aromatic amines is 1. The summed E-state index contributed by atoms with van der Waals surface area (Å²) in [5.74, 6) is 0.957. The number of H-pyrrole nitrogens is 1. The van der Waals surface area contributed by atoms with Crippen LogP contribution in [0.25, 0.3) is 22.4 Å². The number of hydrogen-bond donors (Lipinski definition) is 2. The quantitative estimate of drug-likeness (QED) is 0.699. The van der Waals surface area contributed by atoms with Crippen LogP contribution >= 0.6 is 0 Å². The van der Waals surface area contributed by atoms with Crippen LogP contribution in [0.5, 0.6) is 0 Å². The first-order valence-corrected chi connectivity index (χ1v) is 7.13. The second-order valence-electron chi connectivity index (χ2n) is 5.51. The van der Waals surface area contributed by atoms with E-state index >= 15 is 0 Å². The third-order valence-electron chi connectivity index (χ3n) is 3.95.